The topological polar surface area (TPSA) is 183 Å². The van der Waals surface area contributed by atoms with Crippen molar-refractivity contribution in [2.45, 2.75) is 76.3 Å². The Morgan fingerprint density at radius 2 is 1.60 bits per heavy atom. The molecule has 52 heavy (non-hydrogen) atoms. The Balaban J connectivity index is 1.28. The van der Waals surface area contributed by atoms with Crippen LogP contribution in [0.4, 0.5) is 10.5 Å². The molecule has 0 aliphatic heterocycles. The number of carbonyl (C=O) groups is 3. The standard InChI is InChI=1S/C38H48N6O7S/c1-23-19-29(52(49,50)44(5)6)16-17-30(23)26-11-7-24(8-12-26)20-33(35(46)40-28-15-18-31-32(21-28)43-36(47)42-31)41-34(45)27-13-9-25(10-14-27)22-39-37(48)51-38(2,3)4/h7-8,11-12,15-19,21,25,27,33H,9-10,13-14,20,22H2,1-6H3,(H,39,48)(H,40,46)(H,41,45)(H2,42,43,47)/t25?,27?,33-/m0/s1. The molecule has 14 heteroatoms. The Hall–Kier alpha value is -4.95. The minimum absolute atomic E-state index is 0.205. The van der Waals surface area contributed by atoms with E-state index in [9.17, 15) is 27.6 Å². The maximum atomic E-state index is 13.8. The van der Waals surface area contributed by atoms with Crippen molar-refractivity contribution in [1.82, 2.24) is 24.9 Å². The SMILES string of the molecule is Cc1cc(S(=O)(=O)N(C)C)ccc1-c1ccc(C[C@H](NC(=O)C2CCC(CNC(=O)OC(C)(C)C)CC2)C(=O)Nc2ccc3[nH]c(=O)[nH]c3c2)cc1. The molecule has 0 spiro atoms. The summed E-state index contributed by atoms with van der Waals surface area (Å²) in [6.07, 6.45) is 2.52. The Morgan fingerprint density at radius 3 is 2.23 bits per heavy atom. The Kier molecular flexibility index (Phi) is 11.6. The van der Waals surface area contributed by atoms with E-state index >= 15 is 0 Å². The van der Waals surface area contributed by atoms with E-state index in [2.05, 4.69) is 25.9 Å². The summed E-state index contributed by atoms with van der Waals surface area (Å²) in [5.41, 5.74) is 4.06. The molecule has 5 N–H and O–H groups in total. The number of ether oxygens (including phenoxy) is 1. The third kappa shape index (κ3) is 9.68. The molecule has 1 aliphatic carbocycles. The highest BCUT2D eigenvalue weighted by molar-refractivity contribution is 7.89. The first-order chi connectivity index (χ1) is 24.5. The van der Waals surface area contributed by atoms with Crippen molar-refractivity contribution in [2.24, 2.45) is 11.8 Å². The van der Waals surface area contributed by atoms with Crippen LogP contribution in [0.15, 0.2) is 70.4 Å². The van der Waals surface area contributed by atoms with Crippen LogP contribution in [0.5, 0.6) is 0 Å². The summed E-state index contributed by atoms with van der Waals surface area (Å²) in [6, 6.07) is 16.8. The largest absolute Gasteiger partial charge is 0.444 e. The molecule has 1 aliphatic rings. The summed E-state index contributed by atoms with van der Waals surface area (Å²) in [5, 5.41) is 8.74. The normalized spacial score (nSPS) is 17.1. The van der Waals surface area contributed by atoms with E-state index in [0.29, 0.717) is 36.1 Å². The lowest BCUT2D eigenvalue weighted by molar-refractivity contribution is -0.130. The Bertz CT molecular complexity index is 2090. The predicted molar refractivity (Wildman–Crippen MR) is 200 cm³/mol. The van der Waals surface area contributed by atoms with E-state index in [1.54, 1.807) is 36.4 Å². The van der Waals surface area contributed by atoms with Crippen molar-refractivity contribution in [1.29, 1.82) is 0 Å². The number of alkyl carbamates (subject to hydrolysis) is 1. The highest BCUT2D eigenvalue weighted by atomic mass is 32.2. The van der Waals surface area contributed by atoms with Crippen LogP contribution in [0, 0.1) is 18.8 Å². The van der Waals surface area contributed by atoms with Crippen LogP contribution in [0.3, 0.4) is 0 Å². The average Bonchev–Trinajstić information content (AvgIpc) is 3.46. The average molecular weight is 733 g/mol. The summed E-state index contributed by atoms with van der Waals surface area (Å²) >= 11 is 0. The molecule has 13 nitrogen and oxygen atoms in total. The van der Waals surface area contributed by atoms with Crippen molar-refractivity contribution < 1.29 is 27.5 Å². The lowest BCUT2D eigenvalue weighted by atomic mass is 9.81. The van der Waals surface area contributed by atoms with Gasteiger partial charge in [0.25, 0.3) is 0 Å². The molecule has 278 valence electrons. The third-order valence-electron chi connectivity index (χ3n) is 9.25. The fourth-order valence-electron chi connectivity index (χ4n) is 6.40. The van der Waals surface area contributed by atoms with Gasteiger partial charge in [0.15, 0.2) is 0 Å². The maximum absolute atomic E-state index is 13.8. The molecule has 3 aromatic carbocycles. The van der Waals surface area contributed by atoms with Gasteiger partial charge in [-0.1, -0.05) is 30.3 Å². The van der Waals surface area contributed by atoms with Gasteiger partial charge in [0.2, 0.25) is 21.8 Å². The highest BCUT2D eigenvalue weighted by Gasteiger charge is 2.30. The molecule has 4 aromatic rings. The van der Waals surface area contributed by atoms with Gasteiger partial charge in [-0.3, -0.25) is 9.59 Å². The van der Waals surface area contributed by atoms with E-state index in [1.165, 1.54) is 18.4 Å². The van der Waals surface area contributed by atoms with Gasteiger partial charge in [-0.05, 0) is 112 Å². The van der Waals surface area contributed by atoms with E-state index in [-0.39, 0.29) is 34.7 Å². The minimum Gasteiger partial charge on any atom is -0.444 e. The molecule has 1 fully saturated rings. The van der Waals surface area contributed by atoms with Gasteiger partial charge in [0, 0.05) is 38.7 Å². The van der Waals surface area contributed by atoms with Gasteiger partial charge in [-0.15, -0.1) is 0 Å². The number of nitrogens with zero attached hydrogens (tertiary/aromatic N) is 1. The lowest BCUT2D eigenvalue weighted by Crippen LogP contribution is -2.48. The van der Waals surface area contributed by atoms with Gasteiger partial charge >= 0.3 is 11.8 Å². The first-order valence-electron chi connectivity index (χ1n) is 17.4. The second kappa shape index (κ2) is 15.7. The van der Waals surface area contributed by atoms with Crippen LogP contribution in [0.25, 0.3) is 22.2 Å². The molecular weight excluding hydrogens is 685 g/mol. The fraction of sp³-hybridized carbons (Fsp3) is 0.421. The first-order valence-corrected chi connectivity index (χ1v) is 18.8. The number of aryl methyl sites for hydroxylation is 1. The lowest BCUT2D eigenvalue weighted by Gasteiger charge is -2.29. The third-order valence-corrected chi connectivity index (χ3v) is 11.1. The molecule has 1 saturated carbocycles. The molecule has 5 rings (SSSR count). The van der Waals surface area contributed by atoms with Gasteiger partial charge in [-0.2, -0.15) is 0 Å². The molecular formula is C38H48N6O7S. The highest BCUT2D eigenvalue weighted by Crippen LogP contribution is 2.30. The minimum atomic E-state index is -3.57. The van der Waals surface area contributed by atoms with Crippen LogP contribution in [-0.4, -0.2) is 72.9 Å². The number of hydrogen-bond donors (Lipinski definition) is 5. The molecule has 1 atom stereocenters. The zero-order valence-corrected chi connectivity index (χ0v) is 31.3. The second-order valence-electron chi connectivity index (χ2n) is 14.7. The molecule has 0 bridgehead atoms. The zero-order valence-electron chi connectivity index (χ0n) is 30.5. The van der Waals surface area contributed by atoms with Crippen LogP contribution >= 0.6 is 0 Å². The molecule has 1 aromatic heterocycles. The smallest absolute Gasteiger partial charge is 0.407 e. The zero-order chi connectivity index (χ0) is 37.8. The summed E-state index contributed by atoms with van der Waals surface area (Å²) in [4.78, 5) is 56.8. The Morgan fingerprint density at radius 1 is 0.923 bits per heavy atom. The predicted octanol–water partition coefficient (Wildman–Crippen LogP) is 5.08. The molecule has 0 saturated heterocycles. The number of imidazole rings is 1. The number of aromatic amines is 2. The van der Waals surface area contributed by atoms with Crippen molar-refractivity contribution in [3.8, 4) is 11.1 Å². The number of amides is 3. The first kappa shape index (κ1) is 38.3. The number of benzene rings is 3. The number of fused-ring (bicyclic) bond motifs is 1. The number of aromatic nitrogens is 2. The molecule has 3 amide bonds. The second-order valence-corrected chi connectivity index (χ2v) is 16.8. The van der Waals surface area contributed by atoms with Crippen molar-refractivity contribution >= 4 is 44.7 Å². The van der Waals surface area contributed by atoms with E-state index in [0.717, 1.165) is 35.1 Å². The number of carbonyl (C=O) groups excluding carboxylic acids is 3. The number of sulfonamides is 1. The summed E-state index contributed by atoms with van der Waals surface area (Å²) in [5.74, 6) is -0.664. The van der Waals surface area contributed by atoms with Crippen LogP contribution in [0.1, 0.15) is 57.6 Å². The summed E-state index contributed by atoms with van der Waals surface area (Å²) in [6.45, 7) is 7.77. The fourth-order valence-corrected chi connectivity index (χ4v) is 7.38. The van der Waals surface area contributed by atoms with E-state index < -0.39 is 33.7 Å². The molecule has 0 radical (unpaired) electrons. The van der Waals surface area contributed by atoms with Gasteiger partial charge < -0.3 is 30.7 Å². The van der Waals surface area contributed by atoms with Crippen molar-refractivity contribution in [3.63, 3.8) is 0 Å². The van der Waals surface area contributed by atoms with Crippen LogP contribution in [0.2, 0.25) is 0 Å². The maximum Gasteiger partial charge on any atom is 0.407 e. The quantitative estimate of drug-likeness (QED) is 0.143. The number of H-pyrrole nitrogens is 2. The van der Waals surface area contributed by atoms with E-state index in [4.69, 9.17) is 4.74 Å². The van der Waals surface area contributed by atoms with Gasteiger partial charge in [0.05, 0.1) is 15.9 Å². The number of anilines is 1. The van der Waals surface area contributed by atoms with Crippen molar-refractivity contribution in [3.05, 3.63) is 82.3 Å². The number of rotatable bonds is 11. The monoisotopic (exact) mass is 732 g/mol. The van der Waals surface area contributed by atoms with Crippen molar-refractivity contribution in [2.75, 3.05) is 26.0 Å². The number of hydrogen-bond acceptors (Lipinski definition) is 7. The van der Waals surface area contributed by atoms with E-state index in [1.807, 2.05) is 52.0 Å². The van der Waals surface area contributed by atoms with Crippen LogP contribution < -0.4 is 21.6 Å². The van der Waals surface area contributed by atoms with Crippen LogP contribution in [-0.2, 0) is 30.8 Å². The van der Waals surface area contributed by atoms with Gasteiger partial charge in [0.1, 0.15) is 11.6 Å². The molecule has 1 heterocycles. The number of nitrogens with one attached hydrogen (secondary N) is 5. The molecule has 0 unspecified atom stereocenters. The summed E-state index contributed by atoms with van der Waals surface area (Å²) in [7, 11) is -0.577. The Labute approximate surface area is 304 Å². The summed E-state index contributed by atoms with van der Waals surface area (Å²) < 4.78 is 31.7. The van der Waals surface area contributed by atoms with Gasteiger partial charge in [-0.25, -0.2) is 22.3 Å².